The molecule has 162 valence electrons. The van der Waals surface area contributed by atoms with E-state index in [0.717, 1.165) is 49.8 Å². The number of imidazole rings is 1. The van der Waals surface area contributed by atoms with Crippen LogP contribution in [0, 0.1) is 18.2 Å². The lowest BCUT2D eigenvalue weighted by molar-refractivity contribution is -0.119. The second-order valence-corrected chi connectivity index (χ2v) is 8.01. The summed E-state index contributed by atoms with van der Waals surface area (Å²) in [6, 6.07) is 5.23. The zero-order valence-electron chi connectivity index (χ0n) is 17.3. The second kappa shape index (κ2) is 9.32. The Hall–Kier alpha value is -2.17. The molecule has 4 rings (SSSR count). The van der Waals surface area contributed by atoms with Crippen LogP contribution in [0.25, 0.3) is 5.69 Å². The number of aryl methyl sites for hydroxylation is 1. The van der Waals surface area contributed by atoms with Crippen LogP contribution in [-0.4, -0.2) is 53.0 Å². The lowest BCUT2D eigenvalue weighted by Gasteiger charge is -2.40. The van der Waals surface area contributed by atoms with Crippen LogP contribution in [0.5, 0.6) is 0 Å². The molecule has 2 saturated heterocycles. The van der Waals surface area contributed by atoms with Gasteiger partial charge in [0, 0.05) is 57.5 Å². The number of likely N-dealkylation sites (tertiary alicyclic amines) is 1. The van der Waals surface area contributed by atoms with Crippen molar-refractivity contribution < 1.29 is 9.18 Å². The molecule has 1 aromatic carbocycles. The molecule has 2 N–H and O–H groups in total. The Labute approximate surface area is 193 Å². The molecule has 2 aromatic rings. The summed E-state index contributed by atoms with van der Waals surface area (Å²) in [7, 11) is 1.76. The Balaban J connectivity index is 0.00000256. The van der Waals surface area contributed by atoms with E-state index >= 15 is 0 Å². The average molecular weight is 526 g/mol. The third-order valence-electron chi connectivity index (χ3n) is 5.92. The molecule has 2 aliphatic rings. The maximum atomic E-state index is 14.6. The molecule has 0 saturated carbocycles. The molecule has 2 fully saturated rings. The normalized spacial score (nSPS) is 21.5. The van der Waals surface area contributed by atoms with Crippen molar-refractivity contribution in [2.75, 3.05) is 26.7 Å². The van der Waals surface area contributed by atoms with E-state index in [9.17, 15) is 9.18 Å². The van der Waals surface area contributed by atoms with Crippen LogP contribution < -0.4 is 10.6 Å². The summed E-state index contributed by atoms with van der Waals surface area (Å²) < 4.78 is 16.4. The van der Waals surface area contributed by atoms with Gasteiger partial charge in [-0.1, -0.05) is 6.07 Å². The third-order valence-corrected chi connectivity index (χ3v) is 5.92. The standard InChI is InChI=1S/C21H27FN6O.HI/c1-15-24-7-9-28(15)18-5-4-16(10-17(18)22)12-25-20(23-2)27-8-3-6-21(14-27)11-19(29)26-13-21;/h4-5,7,9-10H,3,6,8,11-14H2,1-2H3,(H,23,25)(H,26,29);1H. The van der Waals surface area contributed by atoms with Gasteiger partial charge in [-0.25, -0.2) is 9.37 Å². The van der Waals surface area contributed by atoms with E-state index < -0.39 is 0 Å². The molecule has 0 radical (unpaired) electrons. The van der Waals surface area contributed by atoms with Crippen LogP contribution in [0.2, 0.25) is 0 Å². The zero-order chi connectivity index (χ0) is 20.4. The van der Waals surface area contributed by atoms with Crippen LogP contribution in [-0.2, 0) is 11.3 Å². The number of aliphatic imine (C=N–C) groups is 1. The van der Waals surface area contributed by atoms with Gasteiger partial charge in [-0.15, -0.1) is 24.0 Å². The van der Waals surface area contributed by atoms with E-state index in [1.165, 1.54) is 0 Å². The van der Waals surface area contributed by atoms with Crippen LogP contribution in [0.3, 0.4) is 0 Å². The van der Waals surface area contributed by atoms with Gasteiger partial charge in [0.2, 0.25) is 5.91 Å². The van der Waals surface area contributed by atoms with Crippen LogP contribution in [0.4, 0.5) is 4.39 Å². The summed E-state index contributed by atoms with van der Waals surface area (Å²) in [5.41, 5.74) is 1.34. The molecule has 2 aliphatic heterocycles. The number of hydrogen-bond acceptors (Lipinski definition) is 3. The number of nitrogens with zero attached hydrogens (tertiary/aromatic N) is 4. The molecule has 0 aliphatic carbocycles. The van der Waals surface area contributed by atoms with Crippen molar-refractivity contribution in [1.29, 1.82) is 0 Å². The molecule has 1 aromatic heterocycles. The lowest BCUT2D eigenvalue weighted by atomic mass is 9.79. The zero-order valence-corrected chi connectivity index (χ0v) is 19.7. The van der Waals surface area contributed by atoms with Gasteiger partial charge in [-0.2, -0.15) is 0 Å². The van der Waals surface area contributed by atoms with Gasteiger partial charge >= 0.3 is 0 Å². The van der Waals surface area contributed by atoms with Crippen LogP contribution >= 0.6 is 24.0 Å². The highest BCUT2D eigenvalue weighted by atomic mass is 127. The van der Waals surface area contributed by atoms with Gasteiger partial charge in [0.25, 0.3) is 0 Å². The number of guanidine groups is 1. The molecule has 7 nitrogen and oxygen atoms in total. The van der Waals surface area contributed by atoms with Gasteiger partial charge < -0.3 is 20.1 Å². The fraction of sp³-hybridized carbons (Fsp3) is 0.476. The van der Waals surface area contributed by atoms with Gasteiger partial charge in [0.05, 0.1) is 5.69 Å². The Morgan fingerprint density at radius 3 is 2.90 bits per heavy atom. The first-order valence-corrected chi connectivity index (χ1v) is 10.0. The highest BCUT2D eigenvalue weighted by Crippen LogP contribution is 2.36. The van der Waals surface area contributed by atoms with Crippen molar-refractivity contribution in [2.24, 2.45) is 10.4 Å². The number of hydrogen-bond donors (Lipinski definition) is 2. The topological polar surface area (TPSA) is 74.6 Å². The smallest absolute Gasteiger partial charge is 0.220 e. The summed E-state index contributed by atoms with van der Waals surface area (Å²) in [4.78, 5) is 22.5. The summed E-state index contributed by atoms with van der Waals surface area (Å²) in [5.74, 6) is 1.39. The number of benzene rings is 1. The predicted octanol–water partition coefficient (Wildman–Crippen LogP) is 2.62. The molecule has 1 amide bonds. The van der Waals surface area contributed by atoms with Crippen molar-refractivity contribution in [3.05, 3.63) is 47.8 Å². The van der Waals surface area contributed by atoms with Gasteiger partial charge in [0.15, 0.2) is 5.96 Å². The van der Waals surface area contributed by atoms with Crippen molar-refractivity contribution in [3.8, 4) is 5.69 Å². The monoisotopic (exact) mass is 526 g/mol. The van der Waals surface area contributed by atoms with Crippen molar-refractivity contribution in [1.82, 2.24) is 25.1 Å². The molecule has 1 unspecified atom stereocenters. The van der Waals surface area contributed by atoms with Crippen molar-refractivity contribution >= 4 is 35.8 Å². The highest BCUT2D eigenvalue weighted by molar-refractivity contribution is 14.0. The highest BCUT2D eigenvalue weighted by Gasteiger charge is 2.42. The predicted molar refractivity (Wildman–Crippen MR) is 125 cm³/mol. The number of piperidine rings is 1. The summed E-state index contributed by atoms with van der Waals surface area (Å²) in [6.45, 7) is 4.77. The van der Waals surface area contributed by atoms with Gasteiger partial charge in [0.1, 0.15) is 11.6 Å². The van der Waals surface area contributed by atoms with Gasteiger partial charge in [-0.3, -0.25) is 9.79 Å². The SMILES string of the molecule is CN=C(NCc1ccc(-n2ccnc2C)c(F)c1)N1CCCC2(CNC(=O)C2)C1.I. The molecule has 30 heavy (non-hydrogen) atoms. The summed E-state index contributed by atoms with van der Waals surface area (Å²) in [6.07, 6.45) is 6.08. The van der Waals surface area contributed by atoms with Crippen LogP contribution in [0.15, 0.2) is 35.6 Å². The van der Waals surface area contributed by atoms with Crippen molar-refractivity contribution in [3.63, 3.8) is 0 Å². The maximum absolute atomic E-state index is 14.6. The fourth-order valence-corrected chi connectivity index (χ4v) is 4.43. The minimum atomic E-state index is -0.284. The number of aromatic nitrogens is 2. The number of rotatable bonds is 3. The third kappa shape index (κ3) is 4.60. The number of amides is 1. The first-order chi connectivity index (χ1) is 14.0. The number of halogens is 2. The average Bonchev–Trinajstić information content (AvgIpc) is 3.28. The van der Waals surface area contributed by atoms with E-state index in [-0.39, 0.29) is 41.1 Å². The van der Waals surface area contributed by atoms with E-state index in [1.54, 1.807) is 36.1 Å². The maximum Gasteiger partial charge on any atom is 0.220 e. The summed E-state index contributed by atoms with van der Waals surface area (Å²) in [5, 5.41) is 6.32. The first-order valence-electron chi connectivity index (χ1n) is 10.0. The van der Waals surface area contributed by atoms with Gasteiger partial charge in [-0.05, 0) is 37.5 Å². The van der Waals surface area contributed by atoms with E-state index in [1.807, 2.05) is 13.0 Å². The summed E-state index contributed by atoms with van der Waals surface area (Å²) >= 11 is 0. The molecular weight excluding hydrogens is 498 g/mol. The van der Waals surface area contributed by atoms with Crippen molar-refractivity contribution in [2.45, 2.75) is 32.7 Å². The molecule has 9 heteroatoms. The molecule has 1 atom stereocenters. The van der Waals surface area contributed by atoms with E-state index in [4.69, 9.17) is 0 Å². The minimum absolute atomic E-state index is 0. The minimum Gasteiger partial charge on any atom is -0.355 e. The second-order valence-electron chi connectivity index (χ2n) is 8.01. The Bertz CT molecular complexity index is 945. The number of nitrogens with one attached hydrogen (secondary N) is 2. The molecule has 0 bridgehead atoms. The largest absolute Gasteiger partial charge is 0.355 e. The fourth-order valence-electron chi connectivity index (χ4n) is 4.43. The number of carbonyl (C=O) groups excluding carboxylic acids is 1. The molecular formula is C21H28FIN6O. The Morgan fingerprint density at radius 2 is 2.27 bits per heavy atom. The Morgan fingerprint density at radius 1 is 1.43 bits per heavy atom. The van der Waals surface area contributed by atoms with Crippen LogP contribution in [0.1, 0.15) is 30.7 Å². The quantitative estimate of drug-likeness (QED) is 0.367. The molecule has 1 spiro atoms. The Kier molecular flexibility index (Phi) is 6.99. The number of carbonyl (C=O) groups is 1. The molecule has 3 heterocycles. The lowest BCUT2D eigenvalue weighted by Crippen LogP contribution is -2.51. The van der Waals surface area contributed by atoms with E-state index in [0.29, 0.717) is 18.7 Å². The van der Waals surface area contributed by atoms with E-state index in [2.05, 4.69) is 25.5 Å². The first kappa shape index (κ1) is 22.5.